The Bertz CT molecular complexity index is 622. The first kappa shape index (κ1) is 17.0. The van der Waals surface area contributed by atoms with E-state index in [9.17, 15) is 9.59 Å². The zero-order valence-electron chi connectivity index (χ0n) is 14.8. The highest BCUT2D eigenvalue weighted by Gasteiger charge is 2.27. The van der Waals surface area contributed by atoms with Crippen molar-refractivity contribution in [2.24, 2.45) is 5.92 Å². The second-order valence-corrected chi connectivity index (χ2v) is 7.46. The highest BCUT2D eigenvalue weighted by atomic mass is 16.2. The van der Waals surface area contributed by atoms with Gasteiger partial charge in [-0.05, 0) is 63.5 Å². The molecule has 0 bridgehead atoms. The maximum atomic E-state index is 12.9. The van der Waals surface area contributed by atoms with Gasteiger partial charge in [0.05, 0.1) is 0 Å². The van der Waals surface area contributed by atoms with Crippen molar-refractivity contribution in [3.63, 3.8) is 0 Å². The second kappa shape index (κ2) is 7.37. The van der Waals surface area contributed by atoms with Gasteiger partial charge in [-0.2, -0.15) is 0 Å². The summed E-state index contributed by atoms with van der Waals surface area (Å²) in [5.74, 6) is 0.761. The number of rotatable bonds is 5. The van der Waals surface area contributed by atoms with Crippen LogP contribution < -0.4 is 5.32 Å². The Labute approximate surface area is 144 Å². The molecule has 1 aromatic rings. The van der Waals surface area contributed by atoms with Crippen LogP contribution in [0.2, 0.25) is 0 Å². The summed E-state index contributed by atoms with van der Waals surface area (Å²) in [5, 5.41) is 3.05. The number of hydrogen-bond donors (Lipinski definition) is 1. The van der Waals surface area contributed by atoms with Crippen LogP contribution in [0.3, 0.4) is 0 Å². The van der Waals surface area contributed by atoms with Gasteiger partial charge in [-0.1, -0.05) is 17.7 Å². The van der Waals surface area contributed by atoms with Gasteiger partial charge >= 0.3 is 0 Å². The molecular formula is C20H28N2O2. The summed E-state index contributed by atoms with van der Waals surface area (Å²) < 4.78 is 0. The third kappa shape index (κ3) is 4.37. The van der Waals surface area contributed by atoms with Crippen molar-refractivity contribution in [3.8, 4) is 0 Å². The summed E-state index contributed by atoms with van der Waals surface area (Å²) in [6.07, 6.45) is 5.89. The summed E-state index contributed by atoms with van der Waals surface area (Å²) in [6.45, 7) is 5.63. The van der Waals surface area contributed by atoms with E-state index in [0.717, 1.165) is 61.9 Å². The molecule has 0 spiro atoms. The van der Waals surface area contributed by atoms with Crippen LogP contribution in [0.4, 0.5) is 0 Å². The molecule has 1 heterocycles. The smallest absolute Gasteiger partial charge is 0.254 e. The Hall–Kier alpha value is -1.84. The van der Waals surface area contributed by atoms with Gasteiger partial charge < -0.3 is 10.2 Å². The average Bonchev–Trinajstić information content (AvgIpc) is 3.39. The Balaban J connectivity index is 1.55. The normalized spacial score (nSPS) is 20.8. The Morgan fingerprint density at radius 1 is 1.21 bits per heavy atom. The second-order valence-electron chi connectivity index (χ2n) is 7.46. The number of carbonyl (C=O) groups is 2. The lowest BCUT2D eigenvalue weighted by Crippen LogP contribution is -2.40. The molecule has 1 saturated heterocycles. The number of amides is 2. The number of aryl methyl sites for hydroxylation is 2. The quantitative estimate of drug-likeness (QED) is 0.902. The highest BCUT2D eigenvalue weighted by Crippen LogP contribution is 2.24. The monoisotopic (exact) mass is 328 g/mol. The van der Waals surface area contributed by atoms with Gasteiger partial charge in [-0.25, -0.2) is 0 Å². The first-order valence-electron chi connectivity index (χ1n) is 9.19. The molecule has 24 heavy (non-hydrogen) atoms. The fourth-order valence-corrected chi connectivity index (χ4v) is 3.48. The van der Waals surface area contributed by atoms with E-state index in [2.05, 4.69) is 5.32 Å². The van der Waals surface area contributed by atoms with Crippen molar-refractivity contribution in [3.05, 3.63) is 34.9 Å². The summed E-state index contributed by atoms with van der Waals surface area (Å²) in [6, 6.07) is 6.49. The largest absolute Gasteiger partial charge is 0.353 e. The van der Waals surface area contributed by atoms with E-state index in [0.29, 0.717) is 18.4 Å². The lowest BCUT2D eigenvalue weighted by Gasteiger charge is -2.33. The van der Waals surface area contributed by atoms with Gasteiger partial charge in [0.1, 0.15) is 0 Å². The van der Waals surface area contributed by atoms with Crippen molar-refractivity contribution >= 4 is 11.8 Å². The van der Waals surface area contributed by atoms with Crippen molar-refractivity contribution < 1.29 is 9.59 Å². The first-order valence-corrected chi connectivity index (χ1v) is 9.19. The van der Waals surface area contributed by atoms with Crippen LogP contribution in [0.25, 0.3) is 0 Å². The molecule has 0 unspecified atom stereocenters. The third-order valence-electron chi connectivity index (χ3n) is 5.15. The molecule has 1 aromatic carbocycles. The molecule has 4 heteroatoms. The average molecular weight is 328 g/mol. The highest BCUT2D eigenvalue weighted by molar-refractivity contribution is 5.95. The van der Waals surface area contributed by atoms with Crippen LogP contribution in [-0.4, -0.2) is 35.8 Å². The van der Waals surface area contributed by atoms with Crippen LogP contribution in [0.5, 0.6) is 0 Å². The van der Waals surface area contributed by atoms with E-state index in [1.807, 2.05) is 36.9 Å². The predicted octanol–water partition coefficient (Wildman–Crippen LogP) is 3.21. The number of benzene rings is 1. The summed E-state index contributed by atoms with van der Waals surface area (Å²) in [5.41, 5.74) is 2.98. The number of nitrogens with one attached hydrogen (secondary N) is 1. The van der Waals surface area contributed by atoms with Crippen molar-refractivity contribution in [2.75, 3.05) is 13.1 Å². The summed E-state index contributed by atoms with van der Waals surface area (Å²) in [4.78, 5) is 26.7. The molecule has 2 aliphatic rings. The molecule has 1 N–H and O–H groups in total. The van der Waals surface area contributed by atoms with Gasteiger partial charge in [0.15, 0.2) is 0 Å². The van der Waals surface area contributed by atoms with Crippen molar-refractivity contribution in [1.82, 2.24) is 10.2 Å². The lowest BCUT2D eigenvalue weighted by molar-refractivity contribution is -0.121. The molecular weight excluding hydrogens is 300 g/mol. The van der Waals surface area contributed by atoms with Gasteiger partial charge in [-0.3, -0.25) is 9.59 Å². The van der Waals surface area contributed by atoms with E-state index in [1.165, 1.54) is 0 Å². The van der Waals surface area contributed by atoms with Crippen molar-refractivity contribution in [1.29, 1.82) is 0 Å². The fraction of sp³-hybridized carbons (Fsp3) is 0.600. The van der Waals surface area contributed by atoms with Gasteiger partial charge in [0.25, 0.3) is 5.91 Å². The molecule has 2 fully saturated rings. The van der Waals surface area contributed by atoms with Crippen LogP contribution in [0, 0.1) is 19.8 Å². The molecule has 0 radical (unpaired) electrons. The molecule has 1 atom stereocenters. The van der Waals surface area contributed by atoms with Gasteiger partial charge in [-0.15, -0.1) is 0 Å². The van der Waals surface area contributed by atoms with Gasteiger partial charge in [0.2, 0.25) is 5.91 Å². The van der Waals surface area contributed by atoms with Gasteiger partial charge in [0, 0.05) is 31.1 Å². The number of carbonyl (C=O) groups excluding carboxylic acids is 2. The van der Waals surface area contributed by atoms with Crippen LogP contribution >= 0.6 is 0 Å². The number of piperidine rings is 1. The molecule has 130 valence electrons. The van der Waals surface area contributed by atoms with Crippen LogP contribution in [-0.2, 0) is 4.79 Å². The SMILES string of the molecule is Cc1ccc(C)c(C(=O)N2CCC[C@H](CCC(=O)NC3CC3)C2)c1. The maximum Gasteiger partial charge on any atom is 0.254 e. The minimum Gasteiger partial charge on any atom is -0.353 e. The topological polar surface area (TPSA) is 49.4 Å². The molecule has 1 aliphatic heterocycles. The van der Waals surface area contributed by atoms with E-state index >= 15 is 0 Å². The Kier molecular flexibility index (Phi) is 5.22. The molecule has 2 amide bonds. The predicted molar refractivity (Wildman–Crippen MR) is 94.9 cm³/mol. The van der Waals surface area contributed by atoms with Crippen LogP contribution in [0.15, 0.2) is 18.2 Å². The minimum atomic E-state index is 0.142. The maximum absolute atomic E-state index is 12.9. The molecule has 4 nitrogen and oxygen atoms in total. The van der Waals surface area contributed by atoms with Crippen molar-refractivity contribution in [2.45, 2.75) is 58.4 Å². The zero-order valence-corrected chi connectivity index (χ0v) is 14.8. The number of nitrogens with zero attached hydrogens (tertiary/aromatic N) is 1. The standard InChI is InChI=1S/C20H28N2O2/c1-14-5-6-15(2)18(12-14)20(24)22-11-3-4-16(13-22)7-10-19(23)21-17-8-9-17/h5-6,12,16-17H,3-4,7-11,13H2,1-2H3,(H,21,23)/t16-/m1/s1. The minimum absolute atomic E-state index is 0.142. The summed E-state index contributed by atoms with van der Waals surface area (Å²) in [7, 11) is 0. The van der Waals surface area contributed by atoms with E-state index in [-0.39, 0.29) is 11.8 Å². The Morgan fingerprint density at radius 3 is 2.75 bits per heavy atom. The van der Waals surface area contributed by atoms with Crippen LogP contribution in [0.1, 0.15) is 60.0 Å². The zero-order chi connectivity index (χ0) is 17.1. The molecule has 3 rings (SSSR count). The number of likely N-dealkylation sites (tertiary alicyclic amines) is 1. The van der Waals surface area contributed by atoms with E-state index in [1.54, 1.807) is 0 Å². The molecule has 1 saturated carbocycles. The first-order chi connectivity index (χ1) is 11.5. The third-order valence-corrected chi connectivity index (χ3v) is 5.15. The number of hydrogen-bond acceptors (Lipinski definition) is 2. The van der Waals surface area contributed by atoms with E-state index in [4.69, 9.17) is 0 Å². The van der Waals surface area contributed by atoms with E-state index < -0.39 is 0 Å². The molecule has 0 aromatic heterocycles. The molecule has 1 aliphatic carbocycles. The summed E-state index contributed by atoms with van der Waals surface area (Å²) >= 11 is 0. The Morgan fingerprint density at radius 2 is 2.00 bits per heavy atom. The fourth-order valence-electron chi connectivity index (χ4n) is 3.48. The lowest BCUT2D eigenvalue weighted by atomic mass is 9.92.